The Kier molecular flexibility index (Phi) is 4.64. The zero-order valence-electron chi connectivity index (χ0n) is 9.73. The van der Waals surface area contributed by atoms with E-state index < -0.39 is 0 Å². The molecule has 16 heavy (non-hydrogen) atoms. The minimum absolute atomic E-state index is 0.103. The highest BCUT2D eigenvalue weighted by Crippen LogP contribution is 2.14. The fraction of sp³-hybridized carbons (Fsp3) is 0.417. The van der Waals surface area contributed by atoms with Crippen LogP contribution in [0.2, 0.25) is 0 Å². The molecule has 0 spiro atoms. The quantitative estimate of drug-likeness (QED) is 0.818. The van der Waals surface area contributed by atoms with Gasteiger partial charge >= 0.3 is 6.03 Å². The van der Waals surface area contributed by atoms with Gasteiger partial charge in [0.25, 0.3) is 0 Å². The smallest absolute Gasteiger partial charge is 0.317 e. The molecule has 0 aromatic heterocycles. The van der Waals surface area contributed by atoms with E-state index in [-0.39, 0.29) is 11.8 Å². The highest BCUT2D eigenvalue weighted by Gasteiger charge is 2.09. The van der Waals surface area contributed by atoms with Gasteiger partial charge in [-0.25, -0.2) is 4.79 Å². The van der Waals surface area contributed by atoms with Gasteiger partial charge in [0.2, 0.25) is 0 Å². The molecule has 0 aliphatic rings. The van der Waals surface area contributed by atoms with Crippen LogP contribution in [0.25, 0.3) is 0 Å². The molecule has 0 saturated carbocycles. The topological polar surface area (TPSA) is 52.6 Å². The summed E-state index contributed by atoms with van der Waals surface area (Å²) in [5.74, 6) is 0.211. The molecule has 0 saturated heterocycles. The number of urea groups is 1. The molecule has 2 N–H and O–H groups in total. The van der Waals surface area contributed by atoms with Crippen molar-refractivity contribution in [3.63, 3.8) is 0 Å². The molecule has 0 radical (unpaired) electrons. The SMILES string of the molecule is CCN(CC)C(=O)NCc1ccccc1O. The van der Waals surface area contributed by atoms with Gasteiger partial charge in [-0.3, -0.25) is 0 Å². The maximum Gasteiger partial charge on any atom is 0.317 e. The normalized spacial score (nSPS) is 9.88. The van der Waals surface area contributed by atoms with Gasteiger partial charge < -0.3 is 15.3 Å². The van der Waals surface area contributed by atoms with E-state index in [9.17, 15) is 9.90 Å². The number of rotatable bonds is 4. The van der Waals surface area contributed by atoms with Crippen molar-refractivity contribution in [2.24, 2.45) is 0 Å². The summed E-state index contributed by atoms with van der Waals surface area (Å²) in [6, 6.07) is 6.88. The van der Waals surface area contributed by atoms with Gasteiger partial charge in [0, 0.05) is 25.2 Å². The summed E-state index contributed by atoms with van der Waals surface area (Å²) in [6.45, 7) is 5.58. The number of benzene rings is 1. The number of phenolic OH excluding ortho intramolecular Hbond substituents is 1. The van der Waals surface area contributed by atoms with E-state index in [1.54, 1.807) is 23.1 Å². The number of aromatic hydroxyl groups is 1. The van der Waals surface area contributed by atoms with Crippen molar-refractivity contribution in [2.75, 3.05) is 13.1 Å². The van der Waals surface area contributed by atoms with Crippen molar-refractivity contribution in [1.29, 1.82) is 0 Å². The lowest BCUT2D eigenvalue weighted by Crippen LogP contribution is -2.39. The third-order valence-corrected chi connectivity index (χ3v) is 2.47. The summed E-state index contributed by atoms with van der Waals surface area (Å²) < 4.78 is 0. The Labute approximate surface area is 95.9 Å². The molecule has 0 aliphatic heterocycles. The van der Waals surface area contributed by atoms with Crippen LogP contribution in [0, 0.1) is 0 Å². The van der Waals surface area contributed by atoms with Crippen LogP contribution in [0.5, 0.6) is 5.75 Å². The first kappa shape index (κ1) is 12.4. The molecule has 0 bridgehead atoms. The fourth-order valence-corrected chi connectivity index (χ4v) is 1.45. The highest BCUT2D eigenvalue weighted by molar-refractivity contribution is 5.74. The second-order valence-electron chi connectivity index (χ2n) is 3.46. The van der Waals surface area contributed by atoms with Crippen LogP contribution in [-0.4, -0.2) is 29.1 Å². The fourth-order valence-electron chi connectivity index (χ4n) is 1.45. The van der Waals surface area contributed by atoms with Gasteiger partial charge in [0.1, 0.15) is 5.75 Å². The molecule has 0 aliphatic carbocycles. The van der Waals surface area contributed by atoms with Crippen LogP contribution in [0.15, 0.2) is 24.3 Å². The summed E-state index contributed by atoms with van der Waals surface area (Å²) in [5.41, 5.74) is 0.725. The van der Waals surface area contributed by atoms with Gasteiger partial charge in [-0.1, -0.05) is 18.2 Å². The monoisotopic (exact) mass is 222 g/mol. The molecule has 4 heteroatoms. The number of nitrogens with zero attached hydrogens (tertiary/aromatic N) is 1. The summed E-state index contributed by atoms with van der Waals surface area (Å²) >= 11 is 0. The van der Waals surface area contributed by atoms with Crippen LogP contribution < -0.4 is 5.32 Å². The van der Waals surface area contributed by atoms with Gasteiger partial charge in [-0.15, -0.1) is 0 Å². The highest BCUT2D eigenvalue weighted by atomic mass is 16.3. The first-order valence-corrected chi connectivity index (χ1v) is 5.48. The van der Waals surface area contributed by atoms with Gasteiger partial charge in [-0.05, 0) is 19.9 Å². The van der Waals surface area contributed by atoms with Crippen LogP contribution in [0.1, 0.15) is 19.4 Å². The van der Waals surface area contributed by atoms with Crippen LogP contribution in [-0.2, 0) is 6.54 Å². The van der Waals surface area contributed by atoms with E-state index in [1.807, 2.05) is 19.9 Å². The first-order chi connectivity index (χ1) is 7.69. The van der Waals surface area contributed by atoms with Crippen molar-refractivity contribution in [2.45, 2.75) is 20.4 Å². The van der Waals surface area contributed by atoms with Crippen molar-refractivity contribution in [1.82, 2.24) is 10.2 Å². The molecule has 1 aromatic rings. The van der Waals surface area contributed by atoms with Crippen molar-refractivity contribution in [3.05, 3.63) is 29.8 Å². The summed E-state index contributed by atoms with van der Waals surface area (Å²) in [7, 11) is 0. The lowest BCUT2D eigenvalue weighted by molar-refractivity contribution is 0.203. The zero-order chi connectivity index (χ0) is 12.0. The van der Waals surface area contributed by atoms with Gasteiger partial charge in [0.05, 0.1) is 0 Å². The van der Waals surface area contributed by atoms with E-state index in [0.29, 0.717) is 19.6 Å². The van der Waals surface area contributed by atoms with Crippen LogP contribution >= 0.6 is 0 Å². The lowest BCUT2D eigenvalue weighted by Gasteiger charge is -2.19. The maximum absolute atomic E-state index is 11.6. The van der Waals surface area contributed by atoms with E-state index in [1.165, 1.54) is 0 Å². The van der Waals surface area contributed by atoms with E-state index in [4.69, 9.17) is 0 Å². The number of hydrogen-bond donors (Lipinski definition) is 2. The Morgan fingerprint density at radius 1 is 1.31 bits per heavy atom. The molecule has 0 atom stereocenters. The predicted octanol–water partition coefficient (Wildman–Crippen LogP) is 1.94. The van der Waals surface area contributed by atoms with Gasteiger partial charge in [0.15, 0.2) is 0 Å². The number of nitrogens with one attached hydrogen (secondary N) is 1. The predicted molar refractivity (Wildman–Crippen MR) is 63.3 cm³/mol. The Hall–Kier alpha value is -1.71. The van der Waals surface area contributed by atoms with E-state index in [2.05, 4.69) is 5.32 Å². The van der Waals surface area contributed by atoms with Crippen LogP contribution in [0.3, 0.4) is 0 Å². The Morgan fingerprint density at radius 3 is 2.50 bits per heavy atom. The largest absolute Gasteiger partial charge is 0.508 e. The average molecular weight is 222 g/mol. The second kappa shape index (κ2) is 6.00. The number of amides is 2. The molecular weight excluding hydrogens is 204 g/mol. The molecule has 1 rings (SSSR count). The number of para-hydroxylation sites is 1. The molecule has 88 valence electrons. The van der Waals surface area contributed by atoms with Gasteiger partial charge in [-0.2, -0.15) is 0 Å². The summed E-state index contributed by atoms with van der Waals surface area (Å²) in [5, 5.41) is 12.3. The van der Waals surface area contributed by atoms with Crippen molar-refractivity contribution in [3.8, 4) is 5.75 Å². The average Bonchev–Trinajstić information content (AvgIpc) is 2.29. The Balaban J connectivity index is 2.52. The molecule has 2 amide bonds. The summed E-state index contributed by atoms with van der Waals surface area (Å²) in [4.78, 5) is 13.3. The zero-order valence-corrected chi connectivity index (χ0v) is 9.73. The molecule has 1 aromatic carbocycles. The number of carbonyl (C=O) groups excluding carboxylic acids is 1. The molecular formula is C12H18N2O2. The summed E-state index contributed by atoms with van der Waals surface area (Å²) in [6.07, 6.45) is 0. The van der Waals surface area contributed by atoms with Crippen LogP contribution in [0.4, 0.5) is 4.79 Å². The number of carbonyl (C=O) groups is 1. The maximum atomic E-state index is 11.6. The van der Waals surface area contributed by atoms with E-state index in [0.717, 1.165) is 5.56 Å². The molecule has 0 unspecified atom stereocenters. The molecule has 4 nitrogen and oxygen atoms in total. The molecule has 0 fully saturated rings. The molecule has 0 heterocycles. The minimum atomic E-state index is -0.103. The van der Waals surface area contributed by atoms with E-state index >= 15 is 0 Å². The standard InChI is InChI=1S/C12H18N2O2/c1-3-14(4-2)12(16)13-9-10-7-5-6-8-11(10)15/h5-8,15H,3-4,9H2,1-2H3,(H,13,16). The lowest BCUT2D eigenvalue weighted by atomic mass is 10.2. The number of hydrogen-bond acceptors (Lipinski definition) is 2. The second-order valence-corrected chi connectivity index (χ2v) is 3.46. The Bertz CT molecular complexity index is 349. The van der Waals surface area contributed by atoms with Crippen molar-refractivity contribution >= 4 is 6.03 Å². The third-order valence-electron chi connectivity index (χ3n) is 2.47. The third kappa shape index (κ3) is 3.15. The Morgan fingerprint density at radius 2 is 1.94 bits per heavy atom. The number of phenols is 1. The minimum Gasteiger partial charge on any atom is -0.508 e. The van der Waals surface area contributed by atoms with Crippen molar-refractivity contribution < 1.29 is 9.90 Å². The first-order valence-electron chi connectivity index (χ1n) is 5.48.